The van der Waals surface area contributed by atoms with Crippen LogP contribution in [0.4, 0.5) is 10.5 Å². The number of rotatable bonds is 1. The number of thiophene rings is 1. The SMILES string of the molecule is Nc1ccc2cc(OC(=O)O)sc2c1. The maximum atomic E-state index is 10.3. The lowest BCUT2D eigenvalue weighted by molar-refractivity contribution is 0.146. The average Bonchev–Trinajstić information content (AvgIpc) is 2.44. The van der Waals surface area contributed by atoms with E-state index in [-0.39, 0.29) is 0 Å². The summed E-state index contributed by atoms with van der Waals surface area (Å²) in [5, 5.41) is 9.70. The summed E-state index contributed by atoms with van der Waals surface area (Å²) in [6.45, 7) is 0. The van der Waals surface area contributed by atoms with Gasteiger partial charge in [-0.3, -0.25) is 0 Å². The first-order chi connectivity index (χ1) is 6.65. The standard InChI is InChI=1S/C9H7NO3S/c10-6-2-1-5-3-8(13-9(11)12)14-7(5)4-6/h1-4H,10H2,(H,11,12). The molecule has 1 heterocycles. The van der Waals surface area contributed by atoms with E-state index in [4.69, 9.17) is 10.8 Å². The van der Waals surface area contributed by atoms with Gasteiger partial charge in [-0.1, -0.05) is 17.4 Å². The van der Waals surface area contributed by atoms with E-state index in [0.29, 0.717) is 10.8 Å². The molecule has 0 atom stereocenters. The molecule has 0 aliphatic carbocycles. The van der Waals surface area contributed by atoms with Crippen LogP contribution in [0.25, 0.3) is 10.1 Å². The lowest BCUT2D eigenvalue weighted by Gasteiger charge is -1.90. The quantitative estimate of drug-likeness (QED) is 0.559. The topological polar surface area (TPSA) is 72.5 Å². The molecule has 1 aromatic heterocycles. The van der Waals surface area contributed by atoms with E-state index < -0.39 is 6.16 Å². The zero-order valence-corrected chi connectivity index (χ0v) is 7.88. The van der Waals surface area contributed by atoms with Gasteiger partial charge in [-0.25, -0.2) is 4.79 Å². The zero-order valence-electron chi connectivity index (χ0n) is 7.06. The van der Waals surface area contributed by atoms with E-state index in [1.807, 2.05) is 6.07 Å². The monoisotopic (exact) mass is 209 g/mol. The van der Waals surface area contributed by atoms with Gasteiger partial charge in [0.25, 0.3) is 0 Å². The molecule has 2 rings (SSSR count). The normalized spacial score (nSPS) is 10.3. The molecule has 2 aromatic rings. The van der Waals surface area contributed by atoms with Crippen molar-refractivity contribution in [2.24, 2.45) is 0 Å². The van der Waals surface area contributed by atoms with Gasteiger partial charge in [0.05, 0.1) is 0 Å². The second kappa shape index (κ2) is 3.19. The van der Waals surface area contributed by atoms with Gasteiger partial charge >= 0.3 is 6.16 Å². The van der Waals surface area contributed by atoms with Gasteiger partial charge in [0.2, 0.25) is 0 Å². The fourth-order valence-electron chi connectivity index (χ4n) is 1.16. The third-order valence-electron chi connectivity index (χ3n) is 1.71. The Morgan fingerprint density at radius 2 is 2.21 bits per heavy atom. The van der Waals surface area contributed by atoms with E-state index in [0.717, 1.165) is 10.1 Å². The number of hydrogen-bond donors (Lipinski definition) is 2. The van der Waals surface area contributed by atoms with Gasteiger partial charge in [-0.15, -0.1) is 0 Å². The molecule has 0 saturated carbocycles. The molecule has 0 saturated heterocycles. The van der Waals surface area contributed by atoms with Crippen LogP contribution in [0.15, 0.2) is 24.3 Å². The van der Waals surface area contributed by atoms with Crippen LogP contribution in [0, 0.1) is 0 Å². The number of anilines is 1. The molecule has 4 nitrogen and oxygen atoms in total. The number of hydrogen-bond acceptors (Lipinski definition) is 4. The van der Waals surface area contributed by atoms with E-state index >= 15 is 0 Å². The minimum Gasteiger partial charge on any atom is -0.449 e. The Morgan fingerprint density at radius 1 is 1.43 bits per heavy atom. The van der Waals surface area contributed by atoms with E-state index in [9.17, 15) is 4.79 Å². The molecule has 0 aliphatic rings. The number of fused-ring (bicyclic) bond motifs is 1. The molecule has 5 heteroatoms. The molecule has 1 aromatic carbocycles. The molecule has 0 bridgehead atoms. The maximum absolute atomic E-state index is 10.3. The maximum Gasteiger partial charge on any atom is 0.512 e. The Bertz CT molecular complexity index is 492. The van der Waals surface area contributed by atoms with E-state index in [1.165, 1.54) is 11.3 Å². The Balaban J connectivity index is 2.46. The Hall–Kier alpha value is -1.75. The van der Waals surface area contributed by atoms with Crippen LogP contribution >= 0.6 is 11.3 Å². The van der Waals surface area contributed by atoms with Crippen molar-refractivity contribution in [2.75, 3.05) is 5.73 Å². The van der Waals surface area contributed by atoms with Crippen molar-refractivity contribution in [3.63, 3.8) is 0 Å². The van der Waals surface area contributed by atoms with Gasteiger partial charge in [0.1, 0.15) is 0 Å². The van der Waals surface area contributed by atoms with E-state index in [1.54, 1.807) is 18.2 Å². The summed E-state index contributed by atoms with van der Waals surface area (Å²) in [7, 11) is 0. The lowest BCUT2D eigenvalue weighted by atomic mass is 10.2. The summed E-state index contributed by atoms with van der Waals surface area (Å²) in [6.07, 6.45) is -1.30. The molecule has 14 heavy (non-hydrogen) atoms. The van der Waals surface area contributed by atoms with Crippen LogP contribution < -0.4 is 10.5 Å². The third kappa shape index (κ3) is 1.62. The Labute approximate surface area is 83.5 Å². The highest BCUT2D eigenvalue weighted by Crippen LogP contribution is 2.32. The minimum atomic E-state index is -1.30. The van der Waals surface area contributed by atoms with Crippen LogP contribution in [0.3, 0.4) is 0 Å². The largest absolute Gasteiger partial charge is 0.512 e. The first kappa shape index (κ1) is 8.83. The lowest BCUT2D eigenvalue weighted by Crippen LogP contribution is -2.00. The number of carboxylic acid groups (broad SMARTS) is 1. The predicted molar refractivity (Wildman–Crippen MR) is 54.9 cm³/mol. The first-order valence-corrected chi connectivity index (χ1v) is 4.66. The summed E-state index contributed by atoms with van der Waals surface area (Å²) in [4.78, 5) is 10.3. The molecular weight excluding hydrogens is 202 g/mol. The van der Waals surface area contributed by atoms with Gasteiger partial charge in [-0.05, 0) is 17.5 Å². The van der Waals surface area contributed by atoms with Crippen molar-refractivity contribution in [1.29, 1.82) is 0 Å². The summed E-state index contributed by atoms with van der Waals surface area (Å²) in [5.41, 5.74) is 6.24. The second-order valence-corrected chi connectivity index (χ2v) is 3.78. The molecule has 72 valence electrons. The van der Waals surface area contributed by atoms with E-state index in [2.05, 4.69) is 4.74 Å². The third-order valence-corrected chi connectivity index (χ3v) is 2.69. The average molecular weight is 209 g/mol. The van der Waals surface area contributed by atoms with Gasteiger partial charge in [0.15, 0.2) is 5.06 Å². The highest BCUT2D eigenvalue weighted by atomic mass is 32.1. The van der Waals surface area contributed by atoms with Crippen molar-refractivity contribution < 1.29 is 14.6 Å². The smallest absolute Gasteiger partial charge is 0.449 e. The van der Waals surface area contributed by atoms with Crippen molar-refractivity contribution in [1.82, 2.24) is 0 Å². The minimum absolute atomic E-state index is 0.359. The molecular formula is C9H7NO3S. The van der Waals surface area contributed by atoms with Crippen LogP contribution in [0.1, 0.15) is 0 Å². The van der Waals surface area contributed by atoms with Gasteiger partial charge in [-0.2, -0.15) is 0 Å². The second-order valence-electron chi connectivity index (χ2n) is 2.73. The van der Waals surface area contributed by atoms with Gasteiger partial charge in [0, 0.05) is 16.5 Å². The number of benzene rings is 1. The number of nitrogen functional groups attached to an aromatic ring is 1. The first-order valence-electron chi connectivity index (χ1n) is 3.85. The Morgan fingerprint density at radius 3 is 2.93 bits per heavy atom. The summed E-state index contributed by atoms with van der Waals surface area (Å²) >= 11 is 1.26. The molecule has 0 radical (unpaired) electrons. The number of nitrogens with two attached hydrogens (primary N) is 1. The predicted octanol–water partition coefficient (Wildman–Crippen LogP) is 2.54. The summed E-state index contributed by atoms with van der Waals surface area (Å²) in [5.74, 6) is 0. The molecule has 0 aliphatic heterocycles. The molecule has 3 N–H and O–H groups in total. The van der Waals surface area contributed by atoms with Crippen LogP contribution in [0.5, 0.6) is 5.06 Å². The molecule has 0 fully saturated rings. The van der Waals surface area contributed by atoms with Crippen LogP contribution in [0.2, 0.25) is 0 Å². The number of ether oxygens (including phenoxy) is 1. The Kier molecular flexibility index (Phi) is 2.01. The molecule has 0 spiro atoms. The van der Waals surface area contributed by atoms with Crippen molar-refractivity contribution in [3.8, 4) is 5.06 Å². The summed E-state index contributed by atoms with van der Waals surface area (Å²) in [6, 6.07) is 7.05. The van der Waals surface area contributed by atoms with Crippen LogP contribution in [-0.2, 0) is 0 Å². The number of carbonyl (C=O) groups is 1. The highest BCUT2D eigenvalue weighted by Gasteiger charge is 2.06. The van der Waals surface area contributed by atoms with Crippen molar-refractivity contribution in [3.05, 3.63) is 24.3 Å². The molecule has 0 amide bonds. The molecule has 0 unspecified atom stereocenters. The zero-order chi connectivity index (χ0) is 10.1. The fourth-order valence-corrected chi connectivity index (χ4v) is 2.12. The summed E-state index contributed by atoms with van der Waals surface area (Å²) < 4.78 is 5.45. The van der Waals surface area contributed by atoms with Crippen molar-refractivity contribution in [2.45, 2.75) is 0 Å². The fraction of sp³-hybridized carbons (Fsp3) is 0. The van der Waals surface area contributed by atoms with Crippen molar-refractivity contribution >= 4 is 33.3 Å². The van der Waals surface area contributed by atoms with Crippen LogP contribution in [-0.4, -0.2) is 11.3 Å². The van der Waals surface area contributed by atoms with Gasteiger partial charge < -0.3 is 15.6 Å². The highest BCUT2D eigenvalue weighted by molar-refractivity contribution is 7.20.